The molecule has 11 heteroatoms. The van der Waals surface area contributed by atoms with Gasteiger partial charge in [-0.05, 0) is 109 Å². The number of aliphatic hydroxyl groups is 5. The molecule has 1 amide bonds. The van der Waals surface area contributed by atoms with Crippen molar-refractivity contribution in [2.75, 3.05) is 13.2 Å². The molecule has 512 valence electrons. The number of unbranched alkanes of at least 4 members (excludes halogenated alkanes) is 32. The third kappa shape index (κ3) is 51.5. The Morgan fingerprint density at radius 1 is 0.449 bits per heavy atom. The molecule has 1 aliphatic heterocycles. The van der Waals surface area contributed by atoms with Crippen LogP contribution in [0, 0.1) is 0 Å². The highest BCUT2D eigenvalue weighted by Gasteiger charge is 2.47. The molecule has 11 nitrogen and oxygen atoms in total. The van der Waals surface area contributed by atoms with Gasteiger partial charge in [0, 0.05) is 6.42 Å². The van der Waals surface area contributed by atoms with E-state index in [1.165, 1.54) is 128 Å². The van der Waals surface area contributed by atoms with Crippen LogP contribution in [0.5, 0.6) is 0 Å². The first-order valence-corrected chi connectivity index (χ1v) is 36.7. The number of rotatable bonds is 62. The summed E-state index contributed by atoms with van der Waals surface area (Å²) in [5, 5.41) is 57.3. The van der Waals surface area contributed by atoms with E-state index in [-0.39, 0.29) is 19.4 Å². The van der Waals surface area contributed by atoms with Crippen LogP contribution >= 0.6 is 0 Å². The molecule has 8 atom stereocenters. The molecule has 1 rings (SSSR count). The summed E-state index contributed by atoms with van der Waals surface area (Å²) >= 11 is 0. The molecule has 0 aromatic heterocycles. The van der Waals surface area contributed by atoms with Gasteiger partial charge in [0.2, 0.25) is 5.91 Å². The molecule has 0 aromatic carbocycles. The quantitative estimate of drug-likeness (QED) is 0.0195. The van der Waals surface area contributed by atoms with E-state index in [2.05, 4.69) is 123 Å². The van der Waals surface area contributed by atoms with E-state index in [4.69, 9.17) is 14.2 Å². The first-order chi connectivity index (χ1) is 43.7. The fraction of sp³-hybridized carbons (Fsp3) is 0.744. The van der Waals surface area contributed by atoms with Crippen LogP contribution in [-0.2, 0) is 23.8 Å². The Morgan fingerprint density at radius 3 is 1.24 bits per heavy atom. The number of allylic oxidation sites excluding steroid dienone is 17. The zero-order chi connectivity index (χ0) is 64.6. The number of amides is 1. The van der Waals surface area contributed by atoms with Gasteiger partial charge in [-0.25, -0.2) is 0 Å². The third-order valence-corrected chi connectivity index (χ3v) is 16.7. The Bertz CT molecular complexity index is 1870. The molecule has 0 aromatic rings. The number of carbonyl (C=O) groups is 2. The Labute approximate surface area is 545 Å². The molecule has 0 saturated carbocycles. The van der Waals surface area contributed by atoms with Crippen molar-refractivity contribution in [1.82, 2.24) is 5.32 Å². The van der Waals surface area contributed by atoms with Gasteiger partial charge >= 0.3 is 5.97 Å². The van der Waals surface area contributed by atoms with E-state index in [9.17, 15) is 35.1 Å². The molecule has 1 fully saturated rings. The first kappa shape index (κ1) is 83.3. The van der Waals surface area contributed by atoms with Crippen molar-refractivity contribution in [3.8, 4) is 0 Å². The van der Waals surface area contributed by atoms with Crippen molar-refractivity contribution in [1.29, 1.82) is 0 Å². The molecular formula is C78H135NO10. The predicted molar refractivity (Wildman–Crippen MR) is 375 cm³/mol. The number of esters is 1. The SMILES string of the molecule is CC/C=C\C/C=C\C/C=C\C/C=C\C/C=C\CCCCCCCCCC(=O)OC1C(OCC(NC(=O)C(O)CCCCCCCCCCCCC/C=C\C/C=C\C/C=C\CCCCC)C(O)/C=C/CCCCCCCCCCCCC)OC(CO)C(O)C1O. The lowest BCUT2D eigenvalue weighted by atomic mass is 9.99. The summed E-state index contributed by atoms with van der Waals surface area (Å²) < 4.78 is 17.7. The van der Waals surface area contributed by atoms with Crippen LogP contribution in [0.2, 0.25) is 0 Å². The largest absolute Gasteiger partial charge is 0.454 e. The van der Waals surface area contributed by atoms with Crippen LogP contribution in [0.3, 0.4) is 0 Å². The summed E-state index contributed by atoms with van der Waals surface area (Å²) in [6.45, 7) is 5.67. The van der Waals surface area contributed by atoms with Gasteiger partial charge in [0.05, 0.1) is 25.4 Å². The molecule has 1 aliphatic rings. The van der Waals surface area contributed by atoms with Gasteiger partial charge < -0.3 is 45.1 Å². The lowest BCUT2D eigenvalue weighted by molar-refractivity contribution is -0.305. The maximum Gasteiger partial charge on any atom is 0.306 e. The Morgan fingerprint density at radius 2 is 0.809 bits per heavy atom. The van der Waals surface area contributed by atoms with Gasteiger partial charge in [0.25, 0.3) is 0 Å². The number of hydrogen-bond acceptors (Lipinski definition) is 10. The average Bonchev–Trinajstić information content (AvgIpc) is 3.20. The van der Waals surface area contributed by atoms with Crippen LogP contribution < -0.4 is 5.32 Å². The second kappa shape index (κ2) is 64.4. The summed E-state index contributed by atoms with van der Waals surface area (Å²) in [5.74, 6) is -1.21. The van der Waals surface area contributed by atoms with Gasteiger partial charge in [-0.3, -0.25) is 9.59 Å². The number of ether oxygens (including phenoxy) is 3. The maximum absolute atomic E-state index is 13.5. The normalized spacial score (nSPS) is 18.8. The molecular weight excluding hydrogens is 1110 g/mol. The predicted octanol–water partition coefficient (Wildman–Crippen LogP) is 19.2. The molecule has 0 aliphatic carbocycles. The Hall–Kier alpha value is -3.68. The lowest BCUT2D eigenvalue weighted by Gasteiger charge is -2.41. The van der Waals surface area contributed by atoms with Crippen molar-refractivity contribution >= 4 is 11.9 Å². The van der Waals surface area contributed by atoms with Crippen LogP contribution in [0.15, 0.2) is 109 Å². The van der Waals surface area contributed by atoms with Crippen molar-refractivity contribution in [3.63, 3.8) is 0 Å². The summed E-state index contributed by atoms with van der Waals surface area (Å²) in [6, 6.07) is -1.03. The van der Waals surface area contributed by atoms with Crippen LogP contribution in [-0.4, -0.2) is 99.6 Å². The molecule has 0 spiro atoms. The molecule has 6 N–H and O–H groups in total. The third-order valence-electron chi connectivity index (χ3n) is 16.7. The smallest absolute Gasteiger partial charge is 0.306 e. The fourth-order valence-corrected chi connectivity index (χ4v) is 10.9. The Balaban J connectivity index is 2.59. The number of hydrogen-bond donors (Lipinski definition) is 6. The van der Waals surface area contributed by atoms with E-state index in [0.29, 0.717) is 12.8 Å². The minimum absolute atomic E-state index is 0.106. The van der Waals surface area contributed by atoms with Crippen LogP contribution in [0.4, 0.5) is 0 Å². The highest BCUT2D eigenvalue weighted by atomic mass is 16.7. The zero-order valence-electron chi connectivity index (χ0n) is 57.0. The lowest BCUT2D eigenvalue weighted by Crippen LogP contribution is -2.61. The van der Waals surface area contributed by atoms with E-state index >= 15 is 0 Å². The molecule has 0 bridgehead atoms. The number of aliphatic hydroxyl groups excluding tert-OH is 5. The van der Waals surface area contributed by atoms with Crippen molar-refractivity contribution in [3.05, 3.63) is 109 Å². The molecule has 8 unspecified atom stereocenters. The van der Waals surface area contributed by atoms with Crippen LogP contribution in [0.25, 0.3) is 0 Å². The van der Waals surface area contributed by atoms with Crippen LogP contribution in [0.1, 0.15) is 310 Å². The van der Waals surface area contributed by atoms with E-state index < -0.39 is 67.4 Å². The summed E-state index contributed by atoms with van der Waals surface area (Å²) in [6.07, 6.45) is 78.3. The van der Waals surface area contributed by atoms with Gasteiger partial charge in [-0.2, -0.15) is 0 Å². The minimum Gasteiger partial charge on any atom is -0.454 e. The first-order valence-electron chi connectivity index (χ1n) is 36.7. The summed E-state index contributed by atoms with van der Waals surface area (Å²) in [7, 11) is 0. The molecule has 0 radical (unpaired) electrons. The standard InChI is InChI=1S/C78H135NO10/c1-4-7-10-13-16-19-22-25-27-29-31-33-35-37-38-40-42-44-47-50-53-56-59-62-65-71(82)77(86)79-69(70(81)64-61-58-55-52-49-46-24-21-18-15-12-9-6-3)68-87-78-76(75(85)74(84)72(67-80)88-78)89-73(83)66-63-60-57-54-51-48-45-43-41-39-36-34-32-30-28-26-23-20-17-14-11-8-5-2/h8,11,16-17,19-20,25-28,31-34,39,41,61,64,69-72,74-76,78,80-82,84-85H,4-7,9-10,12-15,18,21-24,29-30,35-38,40,42-60,62-63,65-68H2,1-3H3,(H,79,86)/b11-8-,19-16-,20-17-,27-25-,28-26-,33-31-,34-32-,41-39-,64-61+. The molecule has 1 heterocycles. The minimum atomic E-state index is -1.63. The Kier molecular flexibility index (Phi) is 60.3. The summed E-state index contributed by atoms with van der Waals surface area (Å²) in [5.41, 5.74) is 0. The monoisotopic (exact) mass is 1250 g/mol. The fourth-order valence-electron chi connectivity index (χ4n) is 10.9. The van der Waals surface area contributed by atoms with Crippen molar-refractivity contribution in [2.45, 2.75) is 359 Å². The van der Waals surface area contributed by atoms with E-state index in [1.807, 2.05) is 6.08 Å². The van der Waals surface area contributed by atoms with Gasteiger partial charge in [0.1, 0.15) is 24.4 Å². The van der Waals surface area contributed by atoms with Crippen molar-refractivity contribution < 1.29 is 49.3 Å². The van der Waals surface area contributed by atoms with Gasteiger partial charge in [-0.1, -0.05) is 304 Å². The van der Waals surface area contributed by atoms with E-state index in [1.54, 1.807) is 6.08 Å². The van der Waals surface area contributed by atoms with Crippen molar-refractivity contribution in [2.24, 2.45) is 0 Å². The van der Waals surface area contributed by atoms with Gasteiger partial charge in [0.15, 0.2) is 12.4 Å². The van der Waals surface area contributed by atoms with E-state index in [0.717, 1.165) is 135 Å². The second-order valence-corrected chi connectivity index (χ2v) is 24.9. The molecule has 89 heavy (non-hydrogen) atoms. The topological polar surface area (TPSA) is 175 Å². The average molecular weight is 1250 g/mol. The maximum atomic E-state index is 13.5. The zero-order valence-corrected chi connectivity index (χ0v) is 57.0. The molecule has 1 saturated heterocycles. The highest BCUT2D eigenvalue weighted by Crippen LogP contribution is 2.26. The summed E-state index contributed by atoms with van der Waals surface area (Å²) in [4.78, 5) is 26.7. The highest BCUT2D eigenvalue weighted by molar-refractivity contribution is 5.80. The second-order valence-electron chi connectivity index (χ2n) is 24.9. The number of nitrogens with one attached hydrogen (secondary N) is 1. The van der Waals surface area contributed by atoms with Gasteiger partial charge in [-0.15, -0.1) is 0 Å². The number of carbonyl (C=O) groups excluding carboxylic acids is 2.